The largest absolute Gasteiger partial charge is 0.353 e. The molecule has 3 rings (SSSR count). The SMILES string of the molecule is CCc1cc(N2CCN(C(=O)c3ncc(F)cc3F)CC2)ncn1. The number of piperazine rings is 1. The summed E-state index contributed by atoms with van der Waals surface area (Å²) in [6, 6.07) is 2.60. The van der Waals surface area contributed by atoms with Gasteiger partial charge in [0.05, 0.1) is 6.20 Å². The zero-order valence-electron chi connectivity index (χ0n) is 13.2. The number of aryl methyl sites for hydroxylation is 1. The average Bonchev–Trinajstić information content (AvgIpc) is 2.61. The van der Waals surface area contributed by atoms with Crippen molar-refractivity contribution < 1.29 is 13.6 Å². The molecule has 126 valence electrons. The zero-order valence-corrected chi connectivity index (χ0v) is 13.2. The molecule has 1 amide bonds. The van der Waals surface area contributed by atoms with E-state index in [-0.39, 0.29) is 5.69 Å². The topological polar surface area (TPSA) is 62.2 Å². The highest BCUT2D eigenvalue weighted by Gasteiger charge is 2.26. The van der Waals surface area contributed by atoms with Crippen LogP contribution < -0.4 is 4.90 Å². The minimum absolute atomic E-state index is 0.347. The van der Waals surface area contributed by atoms with Crippen molar-refractivity contribution in [2.45, 2.75) is 13.3 Å². The number of halogens is 2. The monoisotopic (exact) mass is 333 g/mol. The summed E-state index contributed by atoms with van der Waals surface area (Å²) in [5, 5.41) is 0. The number of rotatable bonds is 3. The van der Waals surface area contributed by atoms with Gasteiger partial charge in [0.15, 0.2) is 11.5 Å². The summed E-state index contributed by atoms with van der Waals surface area (Å²) in [5.74, 6) is -1.45. The number of aromatic nitrogens is 3. The molecular formula is C16H17F2N5O. The first-order valence-electron chi connectivity index (χ1n) is 7.74. The van der Waals surface area contributed by atoms with Gasteiger partial charge >= 0.3 is 0 Å². The van der Waals surface area contributed by atoms with Gasteiger partial charge in [0.1, 0.15) is 18.0 Å². The standard InChI is InChI=1S/C16H17F2N5O/c1-2-12-8-14(21-10-20-12)22-3-5-23(6-4-22)16(24)15-13(18)7-11(17)9-19-15/h7-10H,2-6H2,1H3. The summed E-state index contributed by atoms with van der Waals surface area (Å²) >= 11 is 0. The van der Waals surface area contributed by atoms with Gasteiger partial charge in [-0.05, 0) is 6.42 Å². The van der Waals surface area contributed by atoms with E-state index in [1.54, 1.807) is 0 Å². The van der Waals surface area contributed by atoms with Crippen molar-refractivity contribution in [3.05, 3.63) is 47.7 Å². The Balaban J connectivity index is 1.67. The van der Waals surface area contributed by atoms with E-state index in [2.05, 4.69) is 19.9 Å². The van der Waals surface area contributed by atoms with Crippen molar-refractivity contribution in [1.29, 1.82) is 0 Å². The van der Waals surface area contributed by atoms with E-state index in [4.69, 9.17) is 0 Å². The molecular weight excluding hydrogens is 316 g/mol. The number of pyridine rings is 1. The second-order valence-electron chi connectivity index (χ2n) is 5.48. The van der Waals surface area contributed by atoms with E-state index in [0.717, 1.165) is 24.1 Å². The summed E-state index contributed by atoms with van der Waals surface area (Å²) in [7, 11) is 0. The van der Waals surface area contributed by atoms with E-state index >= 15 is 0 Å². The lowest BCUT2D eigenvalue weighted by atomic mass is 10.2. The number of nitrogens with zero attached hydrogens (tertiary/aromatic N) is 5. The summed E-state index contributed by atoms with van der Waals surface area (Å²) in [4.78, 5) is 27.9. The quantitative estimate of drug-likeness (QED) is 0.855. The maximum atomic E-state index is 13.7. The van der Waals surface area contributed by atoms with Crippen molar-refractivity contribution in [3.8, 4) is 0 Å². The lowest BCUT2D eigenvalue weighted by molar-refractivity contribution is 0.0735. The highest BCUT2D eigenvalue weighted by molar-refractivity contribution is 5.92. The third kappa shape index (κ3) is 3.32. The van der Waals surface area contributed by atoms with Gasteiger partial charge in [-0.2, -0.15) is 0 Å². The zero-order chi connectivity index (χ0) is 17.1. The van der Waals surface area contributed by atoms with E-state index < -0.39 is 17.5 Å². The minimum atomic E-state index is -0.939. The molecule has 24 heavy (non-hydrogen) atoms. The van der Waals surface area contributed by atoms with Crippen molar-refractivity contribution in [1.82, 2.24) is 19.9 Å². The van der Waals surface area contributed by atoms with Crippen LogP contribution in [-0.4, -0.2) is 51.9 Å². The molecule has 8 heteroatoms. The van der Waals surface area contributed by atoms with Crippen molar-refractivity contribution in [2.75, 3.05) is 31.1 Å². The van der Waals surface area contributed by atoms with E-state index in [1.807, 2.05) is 13.0 Å². The number of hydrogen-bond acceptors (Lipinski definition) is 5. The second-order valence-corrected chi connectivity index (χ2v) is 5.48. The first-order valence-corrected chi connectivity index (χ1v) is 7.74. The van der Waals surface area contributed by atoms with Gasteiger partial charge in [-0.1, -0.05) is 6.92 Å². The van der Waals surface area contributed by atoms with Crippen LogP contribution in [0.15, 0.2) is 24.7 Å². The van der Waals surface area contributed by atoms with E-state index in [1.165, 1.54) is 11.2 Å². The van der Waals surface area contributed by atoms with Crippen LogP contribution in [0.5, 0.6) is 0 Å². The van der Waals surface area contributed by atoms with Crippen LogP contribution in [0.25, 0.3) is 0 Å². The predicted molar refractivity (Wildman–Crippen MR) is 83.7 cm³/mol. The van der Waals surface area contributed by atoms with Crippen molar-refractivity contribution in [2.24, 2.45) is 0 Å². The fourth-order valence-corrected chi connectivity index (χ4v) is 2.61. The van der Waals surface area contributed by atoms with Crippen molar-refractivity contribution in [3.63, 3.8) is 0 Å². The molecule has 0 spiro atoms. The van der Waals surface area contributed by atoms with Crippen LogP contribution in [0.3, 0.4) is 0 Å². The summed E-state index contributed by atoms with van der Waals surface area (Å²) < 4.78 is 26.6. The normalized spacial score (nSPS) is 14.8. The van der Waals surface area contributed by atoms with E-state index in [9.17, 15) is 13.6 Å². The Kier molecular flexibility index (Phi) is 4.64. The van der Waals surface area contributed by atoms with Crippen LogP contribution in [0.1, 0.15) is 23.1 Å². The highest BCUT2D eigenvalue weighted by atomic mass is 19.1. The van der Waals surface area contributed by atoms with Crippen LogP contribution >= 0.6 is 0 Å². The Morgan fingerprint density at radius 3 is 2.54 bits per heavy atom. The van der Waals surface area contributed by atoms with Gasteiger partial charge in [0.25, 0.3) is 5.91 Å². The Morgan fingerprint density at radius 2 is 1.88 bits per heavy atom. The molecule has 1 aliphatic rings. The summed E-state index contributed by atoms with van der Waals surface area (Å²) in [6.45, 7) is 4.02. The number of amides is 1. The Labute approximate surface area is 138 Å². The third-order valence-corrected chi connectivity index (χ3v) is 3.97. The number of hydrogen-bond donors (Lipinski definition) is 0. The van der Waals surface area contributed by atoms with E-state index in [0.29, 0.717) is 32.2 Å². The van der Waals surface area contributed by atoms with Crippen molar-refractivity contribution >= 4 is 11.7 Å². The molecule has 0 atom stereocenters. The molecule has 3 heterocycles. The molecule has 0 bridgehead atoms. The maximum Gasteiger partial charge on any atom is 0.275 e. The molecule has 0 unspecified atom stereocenters. The average molecular weight is 333 g/mol. The van der Waals surface area contributed by atoms with Gasteiger partial charge in [0, 0.05) is 44.0 Å². The molecule has 1 saturated heterocycles. The van der Waals surface area contributed by atoms with Crippen LogP contribution in [0, 0.1) is 11.6 Å². The first-order chi connectivity index (χ1) is 11.6. The molecule has 0 saturated carbocycles. The van der Waals surface area contributed by atoms with Gasteiger partial charge in [-0.3, -0.25) is 4.79 Å². The Hall–Kier alpha value is -2.64. The minimum Gasteiger partial charge on any atom is -0.353 e. The summed E-state index contributed by atoms with van der Waals surface area (Å²) in [6.07, 6.45) is 3.20. The fourth-order valence-electron chi connectivity index (χ4n) is 2.61. The molecule has 2 aromatic heterocycles. The van der Waals surface area contributed by atoms with Crippen LogP contribution in [-0.2, 0) is 6.42 Å². The smallest absolute Gasteiger partial charge is 0.275 e. The molecule has 0 aliphatic carbocycles. The number of carbonyl (C=O) groups is 1. The molecule has 0 radical (unpaired) electrons. The molecule has 2 aromatic rings. The molecule has 0 aromatic carbocycles. The third-order valence-electron chi connectivity index (χ3n) is 3.97. The van der Waals surface area contributed by atoms with Crippen LogP contribution in [0.4, 0.5) is 14.6 Å². The number of anilines is 1. The Bertz CT molecular complexity index is 747. The molecule has 1 fully saturated rings. The number of carbonyl (C=O) groups excluding carboxylic acids is 1. The first kappa shape index (κ1) is 16.2. The molecule has 1 aliphatic heterocycles. The predicted octanol–water partition coefficient (Wildman–Crippen LogP) is 1.67. The molecule has 6 nitrogen and oxygen atoms in total. The van der Waals surface area contributed by atoms with Gasteiger partial charge < -0.3 is 9.80 Å². The van der Waals surface area contributed by atoms with Gasteiger partial charge in [0.2, 0.25) is 0 Å². The lowest BCUT2D eigenvalue weighted by Gasteiger charge is -2.35. The summed E-state index contributed by atoms with van der Waals surface area (Å²) in [5.41, 5.74) is 0.608. The molecule has 0 N–H and O–H groups in total. The highest BCUT2D eigenvalue weighted by Crippen LogP contribution is 2.16. The second kappa shape index (κ2) is 6.86. The van der Waals surface area contributed by atoms with Gasteiger partial charge in [-0.15, -0.1) is 0 Å². The Morgan fingerprint density at radius 1 is 1.12 bits per heavy atom. The van der Waals surface area contributed by atoms with Gasteiger partial charge in [-0.25, -0.2) is 23.7 Å². The van der Waals surface area contributed by atoms with Crippen LogP contribution in [0.2, 0.25) is 0 Å². The maximum absolute atomic E-state index is 13.7. The lowest BCUT2D eigenvalue weighted by Crippen LogP contribution is -2.49. The fraction of sp³-hybridized carbons (Fsp3) is 0.375.